The third-order valence-electron chi connectivity index (χ3n) is 5.29. The first kappa shape index (κ1) is 17.5. The van der Waals surface area contributed by atoms with Gasteiger partial charge in [-0.3, -0.25) is 4.57 Å². The molecule has 0 bridgehead atoms. The number of benzene rings is 1. The highest BCUT2D eigenvalue weighted by Gasteiger charge is 2.35. The molecule has 1 aliphatic rings. The summed E-state index contributed by atoms with van der Waals surface area (Å²) in [4.78, 5) is 23.5. The van der Waals surface area contributed by atoms with E-state index in [1.165, 1.54) is 6.42 Å². The molecule has 0 radical (unpaired) electrons. The number of hydrogen-bond donors (Lipinski definition) is 1. The summed E-state index contributed by atoms with van der Waals surface area (Å²) < 4.78 is 1.94. The minimum atomic E-state index is -0.0632. The van der Waals surface area contributed by atoms with E-state index in [9.17, 15) is 4.79 Å². The van der Waals surface area contributed by atoms with Gasteiger partial charge in [-0.25, -0.2) is 14.8 Å². The summed E-state index contributed by atoms with van der Waals surface area (Å²) in [7, 11) is 0. The molecule has 0 spiro atoms. The SMILES string of the molecule is CC1CC1CN(C(=O)Nc1ccc(-n2cnc3ccccc32)nc1)C(C)C. The highest BCUT2D eigenvalue weighted by Crippen LogP contribution is 2.38. The van der Waals surface area contributed by atoms with Crippen LogP contribution in [-0.2, 0) is 0 Å². The minimum Gasteiger partial charge on any atom is -0.322 e. The topological polar surface area (TPSA) is 63.1 Å². The molecule has 1 saturated carbocycles. The molecular formula is C21H25N5O. The van der Waals surface area contributed by atoms with Crippen molar-refractivity contribution in [3.8, 4) is 5.82 Å². The number of carbonyl (C=O) groups excluding carboxylic acids is 1. The maximum absolute atomic E-state index is 12.7. The van der Waals surface area contributed by atoms with Gasteiger partial charge in [-0.05, 0) is 56.4 Å². The summed E-state index contributed by atoms with van der Waals surface area (Å²) in [6.07, 6.45) is 4.68. The molecule has 6 nitrogen and oxygen atoms in total. The number of fused-ring (bicyclic) bond motifs is 1. The number of rotatable bonds is 5. The number of imidazole rings is 1. The number of pyridine rings is 1. The van der Waals surface area contributed by atoms with Gasteiger partial charge in [0.1, 0.15) is 12.1 Å². The lowest BCUT2D eigenvalue weighted by molar-refractivity contribution is 0.193. The molecule has 2 amide bonds. The zero-order chi connectivity index (χ0) is 19.0. The molecule has 4 rings (SSSR count). The molecule has 1 N–H and O–H groups in total. The largest absolute Gasteiger partial charge is 0.322 e. The maximum Gasteiger partial charge on any atom is 0.322 e. The fourth-order valence-electron chi connectivity index (χ4n) is 3.37. The number of anilines is 1. The molecule has 140 valence electrons. The molecule has 27 heavy (non-hydrogen) atoms. The van der Waals surface area contributed by atoms with Crippen LogP contribution in [0.3, 0.4) is 0 Å². The molecule has 2 aromatic heterocycles. The van der Waals surface area contributed by atoms with E-state index in [1.54, 1.807) is 12.5 Å². The van der Waals surface area contributed by atoms with E-state index in [2.05, 4.69) is 36.1 Å². The first-order valence-corrected chi connectivity index (χ1v) is 9.49. The van der Waals surface area contributed by atoms with Crippen molar-refractivity contribution >= 4 is 22.8 Å². The van der Waals surface area contributed by atoms with Crippen LogP contribution in [0.25, 0.3) is 16.9 Å². The molecule has 0 aliphatic heterocycles. The summed E-state index contributed by atoms with van der Waals surface area (Å²) in [5.41, 5.74) is 2.63. The first-order chi connectivity index (χ1) is 13.0. The highest BCUT2D eigenvalue weighted by molar-refractivity contribution is 5.89. The standard InChI is InChI=1S/C21H25N5O/c1-14(2)25(12-16-10-15(16)3)21(27)24-17-8-9-20(22-11-17)26-13-23-18-6-4-5-7-19(18)26/h4-9,11,13-16H,10,12H2,1-3H3,(H,24,27). The number of nitrogens with zero attached hydrogens (tertiary/aromatic N) is 4. The van der Waals surface area contributed by atoms with Crippen LogP contribution in [0.1, 0.15) is 27.2 Å². The quantitative estimate of drug-likeness (QED) is 0.734. The van der Waals surface area contributed by atoms with Crippen LogP contribution in [0, 0.1) is 11.8 Å². The maximum atomic E-state index is 12.7. The number of aromatic nitrogens is 3. The molecule has 2 atom stereocenters. The van der Waals surface area contributed by atoms with E-state index >= 15 is 0 Å². The molecule has 3 aromatic rings. The first-order valence-electron chi connectivity index (χ1n) is 9.49. The Morgan fingerprint density at radius 1 is 1.26 bits per heavy atom. The number of urea groups is 1. The van der Waals surface area contributed by atoms with E-state index in [0.29, 0.717) is 11.6 Å². The average molecular weight is 363 g/mol. The Hall–Kier alpha value is -2.89. The lowest BCUT2D eigenvalue weighted by Crippen LogP contribution is -2.41. The Labute approximate surface area is 159 Å². The normalized spacial score (nSPS) is 18.7. The summed E-state index contributed by atoms with van der Waals surface area (Å²) in [6.45, 7) is 7.16. The van der Waals surface area contributed by atoms with Crippen molar-refractivity contribution in [3.05, 3.63) is 48.9 Å². The monoisotopic (exact) mass is 363 g/mol. The highest BCUT2D eigenvalue weighted by atomic mass is 16.2. The lowest BCUT2D eigenvalue weighted by Gasteiger charge is -2.27. The fraction of sp³-hybridized carbons (Fsp3) is 0.381. The Morgan fingerprint density at radius 2 is 2.04 bits per heavy atom. The number of hydrogen-bond acceptors (Lipinski definition) is 3. The third-order valence-corrected chi connectivity index (χ3v) is 5.29. The van der Waals surface area contributed by atoms with Crippen LogP contribution in [0.2, 0.25) is 0 Å². The Morgan fingerprint density at radius 3 is 2.70 bits per heavy atom. The summed E-state index contributed by atoms with van der Waals surface area (Å²) in [6, 6.07) is 11.8. The van der Waals surface area contributed by atoms with Crippen LogP contribution in [0.5, 0.6) is 0 Å². The van der Waals surface area contributed by atoms with Crippen molar-refractivity contribution in [1.82, 2.24) is 19.4 Å². The van der Waals surface area contributed by atoms with Crippen molar-refractivity contribution < 1.29 is 4.79 Å². The van der Waals surface area contributed by atoms with Gasteiger partial charge in [0, 0.05) is 12.6 Å². The van der Waals surface area contributed by atoms with Gasteiger partial charge in [-0.1, -0.05) is 19.1 Å². The van der Waals surface area contributed by atoms with Crippen LogP contribution < -0.4 is 5.32 Å². The number of para-hydroxylation sites is 2. The van der Waals surface area contributed by atoms with E-state index in [0.717, 1.165) is 29.3 Å². The Kier molecular flexibility index (Phi) is 4.56. The van der Waals surface area contributed by atoms with E-state index in [-0.39, 0.29) is 12.1 Å². The number of amides is 2. The van der Waals surface area contributed by atoms with Crippen LogP contribution in [-0.4, -0.2) is 38.1 Å². The van der Waals surface area contributed by atoms with Crippen molar-refractivity contribution in [3.63, 3.8) is 0 Å². The molecular weight excluding hydrogens is 338 g/mol. The molecule has 2 heterocycles. The van der Waals surface area contributed by atoms with Gasteiger partial charge in [0.05, 0.1) is 22.9 Å². The van der Waals surface area contributed by atoms with Crippen molar-refractivity contribution in [1.29, 1.82) is 0 Å². The molecule has 0 saturated heterocycles. The van der Waals surface area contributed by atoms with E-state index < -0.39 is 0 Å². The van der Waals surface area contributed by atoms with E-state index in [4.69, 9.17) is 0 Å². The summed E-state index contributed by atoms with van der Waals surface area (Å²) in [5, 5.41) is 2.98. The average Bonchev–Trinajstić information content (AvgIpc) is 3.19. The zero-order valence-electron chi connectivity index (χ0n) is 16.0. The van der Waals surface area contributed by atoms with Crippen molar-refractivity contribution in [2.45, 2.75) is 33.2 Å². The zero-order valence-corrected chi connectivity index (χ0v) is 16.0. The molecule has 2 unspecified atom stereocenters. The molecule has 1 fully saturated rings. The van der Waals surface area contributed by atoms with E-state index in [1.807, 2.05) is 45.9 Å². The van der Waals surface area contributed by atoms with Gasteiger partial charge >= 0.3 is 6.03 Å². The van der Waals surface area contributed by atoms with Crippen LogP contribution in [0.4, 0.5) is 10.5 Å². The Bertz CT molecular complexity index is 947. The lowest BCUT2D eigenvalue weighted by atomic mass is 10.2. The smallest absolute Gasteiger partial charge is 0.322 e. The molecule has 1 aliphatic carbocycles. The van der Waals surface area contributed by atoms with Gasteiger partial charge in [0.15, 0.2) is 0 Å². The van der Waals surface area contributed by atoms with Crippen LogP contribution in [0.15, 0.2) is 48.9 Å². The summed E-state index contributed by atoms with van der Waals surface area (Å²) in [5.74, 6) is 2.13. The minimum absolute atomic E-state index is 0.0632. The Balaban J connectivity index is 1.48. The predicted octanol–water partition coefficient (Wildman–Crippen LogP) is 4.32. The van der Waals surface area contributed by atoms with Gasteiger partial charge in [0.25, 0.3) is 0 Å². The second-order valence-electron chi connectivity index (χ2n) is 7.66. The van der Waals surface area contributed by atoms with Crippen LogP contribution >= 0.6 is 0 Å². The summed E-state index contributed by atoms with van der Waals surface area (Å²) >= 11 is 0. The van der Waals surface area contributed by atoms with Gasteiger partial charge in [0.2, 0.25) is 0 Å². The van der Waals surface area contributed by atoms with Gasteiger partial charge in [-0.2, -0.15) is 0 Å². The third kappa shape index (κ3) is 3.65. The van der Waals surface area contributed by atoms with Gasteiger partial charge < -0.3 is 10.2 Å². The second-order valence-corrected chi connectivity index (χ2v) is 7.66. The van der Waals surface area contributed by atoms with Gasteiger partial charge in [-0.15, -0.1) is 0 Å². The molecule has 6 heteroatoms. The van der Waals surface area contributed by atoms with Crippen molar-refractivity contribution in [2.24, 2.45) is 11.8 Å². The molecule has 1 aromatic carbocycles. The predicted molar refractivity (Wildman–Crippen MR) is 107 cm³/mol. The number of carbonyl (C=O) groups is 1. The number of nitrogens with one attached hydrogen (secondary N) is 1. The second kappa shape index (κ2) is 7.02. The fourth-order valence-corrected chi connectivity index (χ4v) is 3.37. The van der Waals surface area contributed by atoms with Crippen molar-refractivity contribution in [2.75, 3.05) is 11.9 Å².